The quantitative estimate of drug-likeness (QED) is 0.360. The Hall–Kier alpha value is -2.95. The zero-order valence-corrected chi connectivity index (χ0v) is 18.1. The number of alkyl halides is 3. The number of ether oxygens (including phenoxy) is 2. The SMILES string of the molecule is COc1cc(OC)cc(-c2nnc(SCC(=O)c3cc(C)n(CC(F)(F)F)c3C)o2)c1. The molecule has 11 heteroatoms. The summed E-state index contributed by atoms with van der Waals surface area (Å²) in [5, 5.41) is 8.06. The molecule has 0 radical (unpaired) electrons. The lowest BCUT2D eigenvalue weighted by Gasteiger charge is -2.12. The Bertz CT molecular complexity index is 1070. The maximum atomic E-state index is 12.8. The minimum atomic E-state index is -4.37. The number of methoxy groups -OCH3 is 2. The summed E-state index contributed by atoms with van der Waals surface area (Å²) in [5.74, 6) is 0.932. The Labute approximate surface area is 180 Å². The van der Waals surface area contributed by atoms with Crippen LogP contribution in [0.5, 0.6) is 11.5 Å². The fraction of sp³-hybridized carbons (Fsp3) is 0.350. The van der Waals surface area contributed by atoms with Gasteiger partial charge in [0.1, 0.15) is 18.0 Å². The molecule has 31 heavy (non-hydrogen) atoms. The van der Waals surface area contributed by atoms with E-state index in [4.69, 9.17) is 13.9 Å². The molecular weight excluding hydrogens is 435 g/mol. The maximum absolute atomic E-state index is 12.8. The molecule has 166 valence electrons. The fourth-order valence-electron chi connectivity index (χ4n) is 3.03. The number of hydrogen-bond acceptors (Lipinski definition) is 7. The standard InChI is InChI=1S/C20H20F3N3O4S/c1-11-5-16(12(2)26(11)10-20(21,22)23)17(27)9-31-19-25-24-18(30-19)13-6-14(28-3)8-15(7-13)29-4/h5-8H,9-10H2,1-4H3. The van der Waals surface area contributed by atoms with Crippen molar-refractivity contribution in [2.45, 2.75) is 31.8 Å². The molecule has 0 N–H and O–H groups in total. The van der Waals surface area contributed by atoms with Gasteiger partial charge >= 0.3 is 6.18 Å². The molecule has 2 heterocycles. The van der Waals surface area contributed by atoms with Gasteiger partial charge in [-0.15, -0.1) is 10.2 Å². The van der Waals surface area contributed by atoms with E-state index in [0.717, 1.165) is 16.3 Å². The average Bonchev–Trinajstić information content (AvgIpc) is 3.31. The van der Waals surface area contributed by atoms with E-state index in [1.165, 1.54) is 34.1 Å². The molecular formula is C20H20F3N3O4S. The number of Topliss-reactive ketones (excluding diaryl/α,β-unsaturated/α-hetero) is 1. The lowest BCUT2D eigenvalue weighted by atomic mass is 10.2. The number of aromatic nitrogens is 3. The second-order valence-electron chi connectivity index (χ2n) is 6.67. The van der Waals surface area contributed by atoms with Gasteiger partial charge in [0, 0.05) is 28.6 Å². The molecule has 0 saturated heterocycles. The summed E-state index contributed by atoms with van der Waals surface area (Å²) in [6.45, 7) is 1.90. The van der Waals surface area contributed by atoms with E-state index < -0.39 is 12.7 Å². The van der Waals surface area contributed by atoms with Gasteiger partial charge in [0.15, 0.2) is 5.78 Å². The third-order valence-electron chi connectivity index (χ3n) is 4.54. The van der Waals surface area contributed by atoms with Crippen LogP contribution < -0.4 is 9.47 Å². The van der Waals surface area contributed by atoms with Crippen LogP contribution in [0.15, 0.2) is 33.9 Å². The van der Waals surface area contributed by atoms with Gasteiger partial charge in [-0.3, -0.25) is 4.79 Å². The van der Waals surface area contributed by atoms with E-state index in [-0.39, 0.29) is 33.9 Å². The zero-order valence-electron chi connectivity index (χ0n) is 17.2. The highest BCUT2D eigenvalue weighted by molar-refractivity contribution is 7.99. The van der Waals surface area contributed by atoms with Crippen LogP contribution in [0, 0.1) is 13.8 Å². The lowest BCUT2D eigenvalue weighted by molar-refractivity contribution is -0.141. The Balaban J connectivity index is 1.72. The number of hydrogen-bond donors (Lipinski definition) is 0. The monoisotopic (exact) mass is 455 g/mol. The Kier molecular flexibility index (Phi) is 6.63. The predicted octanol–water partition coefficient (Wildman–Crippen LogP) is 4.71. The van der Waals surface area contributed by atoms with Crippen molar-refractivity contribution in [3.63, 3.8) is 0 Å². The first-order chi connectivity index (χ1) is 14.6. The number of halogens is 3. The molecule has 0 spiro atoms. The van der Waals surface area contributed by atoms with Gasteiger partial charge in [0.25, 0.3) is 5.22 Å². The van der Waals surface area contributed by atoms with Gasteiger partial charge in [0.2, 0.25) is 5.89 Å². The summed E-state index contributed by atoms with van der Waals surface area (Å²) >= 11 is 1.01. The van der Waals surface area contributed by atoms with Gasteiger partial charge in [-0.25, -0.2) is 0 Å². The maximum Gasteiger partial charge on any atom is 0.406 e. The van der Waals surface area contributed by atoms with Crippen molar-refractivity contribution >= 4 is 17.5 Å². The summed E-state index contributed by atoms with van der Waals surface area (Å²) in [6, 6.07) is 6.56. The van der Waals surface area contributed by atoms with E-state index in [1.54, 1.807) is 18.2 Å². The van der Waals surface area contributed by atoms with E-state index in [2.05, 4.69) is 10.2 Å². The molecule has 0 aliphatic heterocycles. The summed E-state index contributed by atoms with van der Waals surface area (Å²) in [6.07, 6.45) is -4.37. The highest BCUT2D eigenvalue weighted by atomic mass is 32.2. The van der Waals surface area contributed by atoms with Crippen LogP contribution in [0.4, 0.5) is 13.2 Å². The number of benzene rings is 1. The largest absolute Gasteiger partial charge is 0.497 e. The summed E-state index contributed by atoms with van der Waals surface area (Å²) in [7, 11) is 3.04. The van der Waals surface area contributed by atoms with E-state index >= 15 is 0 Å². The molecule has 0 atom stereocenters. The molecule has 0 fully saturated rings. The minimum Gasteiger partial charge on any atom is -0.497 e. The first kappa shape index (κ1) is 22.7. The molecule has 0 aliphatic carbocycles. The smallest absolute Gasteiger partial charge is 0.406 e. The van der Waals surface area contributed by atoms with Crippen molar-refractivity contribution in [3.05, 3.63) is 41.2 Å². The number of aryl methyl sites for hydroxylation is 1. The Morgan fingerprint density at radius 1 is 1.10 bits per heavy atom. The third-order valence-corrected chi connectivity index (χ3v) is 5.36. The molecule has 3 rings (SSSR count). The number of carbonyl (C=O) groups excluding carboxylic acids is 1. The van der Waals surface area contributed by atoms with Crippen LogP contribution in [0.2, 0.25) is 0 Å². The van der Waals surface area contributed by atoms with Gasteiger partial charge in [-0.05, 0) is 32.0 Å². The van der Waals surface area contributed by atoms with Crippen LogP contribution >= 0.6 is 11.8 Å². The highest BCUT2D eigenvalue weighted by Crippen LogP contribution is 2.31. The van der Waals surface area contributed by atoms with Crippen molar-refractivity contribution in [1.82, 2.24) is 14.8 Å². The minimum absolute atomic E-state index is 0.0562. The van der Waals surface area contributed by atoms with Crippen molar-refractivity contribution in [2.75, 3.05) is 20.0 Å². The topological polar surface area (TPSA) is 79.4 Å². The van der Waals surface area contributed by atoms with E-state index in [1.807, 2.05) is 0 Å². The normalized spacial score (nSPS) is 11.6. The number of nitrogens with zero attached hydrogens (tertiary/aromatic N) is 3. The van der Waals surface area contributed by atoms with E-state index in [9.17, 15) is 18.0 Å². The molecule has 0 bridgehead atoms. The van der Waals surface area contributed by atoms with Crippen molar-refractivity contribution < 1.29 is 31.9 Å². The highest BCUT2D eigenvalue weighted by Gasteiger charge is 2.30. The van der Waals surface area contributed by atoms with Gasteiger partial charge in [-0.2, -0.15) is 13.2 Å². The third kappa shape index (κ3) is 5.40. The Morgan fingerprint density at radius 2 is 1.74 bits per heavy atom. The van der Waals surface area contributed by atoms with Gasteiger partial charge in [-0.1, -0.05) is 11.8 Å². The summed E-state index contributed by atoms with van der Waals surface area (Å²) < 4.78 is 55.4. The number of ketones is 1. The second-order valence-corrected chi connectivity index (χ2v) is 7.60. The van der Waals surface area contributed by atoms with Crippen molar-refractivity contribution in [2.24, 2.45) is 0 Å². The van der Waals surface area contributed by atoms with Crippen LogP contribution in [-0.4, -0.2) is 46.7 Å². The molecule has 0 saturated carbocycles. The number of carbonyl (C=O) groups is 1. The van der Waals surface area contributed by atoms with Crippen molar-refractivity contribution in [3.8, 4) is 23.0 Å². The summed E-state index contributed by atoms with van der Waals surface area (Å²) in [5.41, 5.74) is 1.47. The van der Waals surface area contributed by atoms with E-state index in [0.29, 0.717) is 22.8 Å². The first-order valence-corrected chi connectivity index (χ1v) is 10.1. The molecule has 0 amide bonds. The Morgan fingerprint density at radius 3 is 2.32 bits per heavy atom. The van der Waals surface area contributed by atoms with Crippen LogP contribution in [-0.2, 0) is 6.54 Å². The predicted molar refractivity (Wildman–Crippen MR) is 108 cm³/mol. The molecule has 3 aromatic rings. The lowest BCUT2D eigenvalue weighted by Crippen LogP contribution is -2.19. The van der Waals surface area contributed by atoms with Crippen LogP contribution in [0.1, 0.15) is 21.7 Å². The second kappa shape index (κ2) is 9.04. The number of thioether (sulfide) groups is 1. The number of rotatable bonds is 8. The molecule has 0 aliphatic rings. The fourth-order valence-corrected chi connectivity index (χ4v) is 3.67. The average molecular weight is 455 g/mol. The zero-order chi connectivity index (χ0) is 22.8. The molecule has 1 aromatic carbocycles. The molecule has 7 nitrogen and oxygen atoms in total. The first-order valence-electron chi connectivity index (χ1n) is 9.07. The van der Waals surface area contributed by atoms with Crippen LogP contribution in [0.25, 0.3) is 11.5 Å². The summed E-state index contributed by atoms with van der Waals surface area (Å²) in [4.78, 5) is 12.6. The van der Waals surface area contributed by atoms with Crippen molar-refractivity contribution in [1.29, 1.82) is 0 Å². The van der Waals surface area contributed by atoms with Gasteiger partial charge < -0.3 is 18.5 Å². The van der Waals surface area contributed by atoms with Crippen LogP contribution in [0.3, 0.4) is 0 Å². The molecule has 2 aromatic heterocycles. The van der Waals surface area contributed by atoms with Gasteiger partial charge in [0.05, 0.1) is 20.0 Å². The molecule has 0 unspecified atom stereocenters.